The number of carbonyl (C=O) groups is 1. The molecule has 0 bridgehead atoms. The summed E-state index contributed by atoms with van der Waals surface area (Å²) in [5.41, 5.74) is 9.92. The number of nitrogens with zero attached hydrogens (tertiary/aromatic N) is 2. The van der Waals surface area contributed by atoms with Crippen LogP contribution in [0.25, 0.3) is 11.1 Å². The van der Waals surface area contributed by atoms with E-state index in [0.717, 1.165) is 55.0 Å². The molecule has 3 heterocycles. The van der Waals surface area contributed by atoms with E-state index >= 15 is 0 Å². The van der Waals surface area contributed by atoms with E-state index < -0.39 is 0 Å². The van der Waals surface area contributed by atoms with Crippen molar-refractivity contribution in [3.63, 3.8) is 0 Å². The number of hydrogen-bond donors (Lipinski definition) is 2. The SMILES string of the molecule is Cc1ccc(-c2ccc(C(=O)N3CCC4(CCNCC4)C3)cc2)c(N)n1.Cl.Cl. The van der Waals surface area contributed by atoms with Gasteiger partial charge in [-0.2, -0.15) is 0 Å². The number of aromatic nitrogens is 1. The normalized spacial score (nSPS) is 17.7. The Morgan fingerprint density at radius 3 is 2.39 bits per heavy atom. The lowest BCUT2D eigenvalue weighted by Gasteiger charge is -2.33. The monoisotopic (exact) mass is 422 g/mol. The van der Waals surface area contributed by atoms with Crippen LogP contribution in [-0.2, 0) is 0 Å². The van der Waals surface area contributed by atoms with Gasteiger partial charge in [-0.25, -0.2) is 4.98 Å². The first-order valence-electron chi connectivity index (χ1n) is 9.40. The highest BCUT2D eigenvalue weighted by atomic mass is 35.5. The number of rotatable bonds is 2. The fourth-order valence-electron chi connectivity index (χ4n) is 4.27. The van der Waals surface area contributed by atoms with Crippen LogP contribution in [0.4, 0.5) is 5.82 Å². The van der Waals surface area contributed by atoms with E-state index in [1.807, 2.05) is 48.2 Å². The van der Waals surface area contributed by atoms with Crippen LogP contribution < -0.4 is 11.1 Å². The number of aryl methyl sites for hydroxylation is 1. The molecule has 7 heteroatoms. The number of pyridine rings is 1. The van der Waals surface area contributed by atoms with Gasteiger partial charge >= 0.3 is 0 Å². The van der Waals surface area contributed by atoms with Crippen molar-refractivity contribution in [2.45, 2.75) is 26.2 Å². The van der Waals surface area contributed by atoms with Gasteiger partial charge in [0.2, 0.25) is 0 Å². The van der Waals surface area contributed by atoms with Gasteiger partial charge in [0.05, 0.1) is 0 Å². The molecule has 1 aromatic heterocycles. The van der Waals surface area contributed by atoms with Crippen molar-refractivity contribution in [1.29, 1.82) is 0 Å². The van der Waals surface area contributed by atoms with Crippen molar-refractivity contribution in [3.05, 3.63) is 47.7 Å². The second kappa shape index (κ2) is 9.12. The third kappa shape index (κ3) is 4.43. The molecular weight excluding hydrogens is 395 g/mol. The summed E-state index contributed by atoms with van der Waals surface area (Å²) in [5.74, 6) is 0.665. The number of nitrogens with one attached hydrogen (secondary N) is 1. The first-order chi connectivity index (χ1) is 12.6. The molecule has 0 saturated carbocycles. The molecule has 0 atom stereocenters. The van der Waals surface area contributed by atoms with E-state index in [0.29, 0.717) is 11.2 Å². The molecule has 2 aliphatic heterocycles. The van der Waals surface area contributed by atoms with Crippen LogP contribution in [-0.4, -0.2) is 42.0 Å². The van der Waals surface area contributed by atoms with E-state index in [-0.39, 0.29) is 30.7 Å². The highest BCUT2D eigenvalue weighted by Gasteiger charge is 2.40. The Balaban J connectivity index is 0.00000140. The molecule has 28 heavy (non-hydrogen) atoms. The number of hydrogen-bond acceptors (Lipinski definition) is 4. The summed E-state index contributed by atoms with van der Waals surface area (Å²) in [6.07, 6.45) is 3.48. The third-order valence-electron chi connectivity index (χ3n) is 5.90. The summed E-state index contributed by atoms with van der Waals surface area (Å²) in [5, 5.41) is 3.42. The molecule has 2 fully saturated rings. The molecule has 2 saturated heterocycles. The number of carbonyl (C=O) groups excluding carboxylic acids is 1. The van der Waals surface area contributed by atoms with Crippen LogP contribution >= 0.6 is 24.8 Å². The molecule has 5 nitrogen and oxygen atoms in total. The quantitative estimate of drug-likeness (QED) is 0.773. The summed E-state index contributed by atoms with van der Waals surface area (Å²) in [7, 11) is 0. The fourth-order valence-corrected chi connectivity index (χ4v) is 4.27. The first-order valence-corrected chi connectivity index (χ1v) is 9.40. The van der Waals surface area contributed by atoms with E-state index in [1.165, 1.54) is 12.8 Å². The van der Waals surface area contributed by atoms with Gasteiger partial charge in [-0.15, -0.1) is 24.8 Å². The molecule has 1 spiro atoms. The zero-order valence-corrected chi connectivity index (χ0v) is 17.7. The summed E-state index contributed by atoms with van der Waals surface area (Å²) < 4.78 is 0. The van der Waals surface area contributed by atoms with Crippen molar-refractivity contribution in [1.82, 2.24) is 15.2 Å². The summed E-state index contributed by atoms with van der Waals surface area (Å²) in [4.78, 5) is 19.3. The summed E-state index contributed by atoms with van der Waals surface area (Å²) >= 11 is 0. The standard InChI is InChI=1S/C21H26N4O.2ClH/c1-15-2-7-18(19(22)24-15)16-3-5-17(6-4-16)20(26)25-13-10-21(14-25)8-11-23-12-9-21;;/h2-7,23H,8-14H2,1H3,(H2,22,24);2*1H. The fraction of sp³-hybridized carbons (Fsp3) is 0.429. The number of piperidine rings is 1. The van der Waals surface area contributed by atoms with Crippen molar-refractivity contribution >= 4 is 36.5 Å². The molecular formula is C21H28Cl2N4O. The Kier molecular flexibility index (Phi) is 7.32. The van der Waals surface area contributed by atoms with Gasteiger partial charge in [-0.05, 0) is 74.5 Å². The second-order valence-corrected chi connectivity index (χ2v) is 7.69. The van der Waals surface area contributed by atoms with Gasteiger partial charge in [-0.1, -0.05) is 12.1 Å². The van der Waals surface area contributed by atoms with Gasteiger partial charge in [0.1, 0.15) is 5.82 Å². The highest BCUT2D eigenvalue weighted by molar-refractivity contribution is 5.95. The number of nitrogen functional groups attached to an aromatic ring is 1. The third-order valence-corrected chi connectivity index (χ3v) is 5.90. The van der Waals surface area contributed by atoms with Crippen LogP contribution in [0, 0.1) is 12.3 Å². The van der Waals surface area contributed by atoms with E-state index in [2.05, 4.69) is 10.3 Å². The molecule has 3 N–H and O–H groups in total. The number of nitrogens with two attached hydrogens (primary N) is 1. The molecule has 2 aliphatic rings. The van der Waals surface area contributed by atoms with Gasteiger partial charge < -0.3 is 16.0 Å². The molecule has 0 radical (unpaired) electrons. The van der Waals surface area contributed by atoms with Crippen LogP contribution in [0.2, 0.25) is 0 Å². The minimum atomic E-state index is 0. The summed E-state index contributed by atoms with van der Waals surface area (Å²) in [6.45, 7) is 5.83. The van der Waals surface area contributed by atoms with Crippen molar-refractivity contribution in [2.24, 2.45) is 5.41 Å². The molecule has 0 unspecified atom stereocenters. The first kappa shape index (κ1) is 22.5. The largest absolute Gasteiger partial charge is 0.383 e. The van der Waals surface area contributed by atoms with Crippen LogP contribution in [0.3, 0.4) is 0 Å². The molecule has 2 aromatic rings. The molecule has 1 amide bonds. The molecule has 152 valence electrons. The maximum atomic E-state index is 12.9. The van der Waals surface area contributed by atoms with Crippen molar-refractivity contribution in [3.8, 4) is 11.1 Å². The topological polar surface area (TPSA) is 71.2 Å². The van der Waals surface area contributed by atoms with Gasteiger partial charge in [0.15, 0.2) is 0 Å². The predicted octanol–water partition coefficient (Wildman–Crippen LogP) is 3.70. The lowest BCUT2D eigenvalue weighted by atomic mass is 9.78. The Morgan fingerprint density at radius 2 is 1.75 bits per heavy atom. The highest BCUT2D eigenvalue weighted by Crippen LogP contribution is 2.39. The minimum Gasteiger partial charge on any atom is -0.383 e. The zero-order chi connectivity index (χ0) is 18.1. The average Bonchev–Trinajstić information content (AvgIpc) is 3.05. The molecule has 0 aliphatic carbocycles. The molecule has 1 aromatic carbocycles. The number of amides is 1. The van der Waals surface area contributed by atoms with Gasteiger partial charge in [-0.3, -0.25) is 4.79 Å². The van der Waals surface area contributed by atoms with Crippen LogP contribution in [0.15, 0.2) is 36.4 Å². The van der Waals surface area contributed by atoms with Crippen molar-refractivity contribution < 1.29 is 4.79 Å². The van der Waals surface area contributed by atoms with E-state index in [4.69, 9.17) is 5.73 Å². The maximum Gasteiger partial charge on any atom is 0.253 e. The lowest BCUT2D eigenvalue weighted by molar-refractivity contribution is 0.0762. The maximum absolute atomic E-state index is 12.9. The van der Waals surface area contributed by atoms with Crippen LogP contribution in [0.5, 0.6) is 0 Å². The lowest BCUT2D eigenvalue weighted by Crippen LogP contribution is -2.39. The van der Waals surface area contributed by atoms with Crippen molar-refractivity contribution in [2.75, 3.05) is 31.9 Å². The number of likely N-dealkylation sites (tertiary alicyclic amines) is 1. The van der Waals surface area contributed by atoms with E-state index in [1.54, 1.807) is 0 Å². The average molecular weight is 423 g/mol. The Morgan fingerprint density at radius 1 is 1.07 bits per heavy atom. The van der Waals surface area contributed by atoms with Crippen LogP contribution in [0.1, 0.15) is 35.3 Å². The predicted molar refractivity (Wildman–Crippen MR) is 118 cm³/mol. The smallest absolute Gasteiger partial charge is 0.253 e. The Hall–Kier alpha value is -1.82. The van der Waals surface area contributed by atoms with E-state index in [9.17, 15) is 4.79 Å². The number of anilines is 1. The number of benzene rings is 1. The number of halogens is 2. The Bertz CT molecular complexity index is 820. The minimum absolute atomic E-state index is 0. The van der Waals surface area contributed by atoms with Gasteiger partial charge in [0.25, 0.3) is 5.91 Å². The zero-order valence-electron chi connectivity index (χ0n) is 16.1. The van der Waals surface area contributed by atoms with Gasteiger partial charge in [0, 0.05) is 29.9 Å². The summed E-state index contributed by atoms with van der Waals surface area (Å²) in [6, 6.07) is 11.7. The molecule has 4 rings (SSSR count). The second-order valence-electron chi connectivity index (χ2n) is 7.69. The Labute approximate surface area is 178 Å².